The van der Waals surface area contributed by atoms with Crippen LogP contribution in [0.4, 0.5) is 4.39 Å². The Kier molecular flexibility index (Phi) is 4.87. The number of carbonyl (C=O) groups excluding carboxylic acids is 1. The number of aromatic amines is 1. The molecular weight excluding hydrogens is 395 g/mol. The highest BCUT2D eigenvalue weighted by atomic mass is 32.2. The van der Waals surface area contributed by atoms with E-state index in [9.17, 15) is 17.6 Å². The van der Waals surface area contributed by atoms with Crippen LogP contribution in [0.15, 0.2) is 41.6 Å². The first-order chi connectivity index (χ1) is 13.8. The number of nitrogens with one attached hydrogen (secondary N) is 1. The van der Waals surface area contributed by atoms with Crippen LogP contribution in [0.5, 0.6) is 0 Å². The Morgan fingerprint density at radius 3 is 2.69 bits per heavy atom. The van der Waals surface area contributed by atoms with Crippen molar-refractivity contribution in [2.45, 2.75) is 30.6 Å². The number of fused-ring (bicyclic) bond motifs is 1. The molecule has 9 heteroatoms. The van der Waals surface area contributed by atoms with Gasteiger partial charge in [0.05, 0.1) is 11.1 Å². The first-order valence-corrected chi connectivity index (χ1v) is 10.8. The lowest BCUT2D eigenvalue weighted by molar-refractivity contribution is 0.0712. The van der Waals surface area contributed by atoms with Gasteiger partial charge in [0.25, 0.3) is 5.91 Å². The summed E-state index contributed by atoms with van der Waals surface area (Å²) in [7, 11) is -3.91. The molecule has 3 N–H and O–H groups in total. The van der Waals surface area contributed by atoms with Gasteiger partial charge in [-0.15, -0.1) is 0 Å². The van der Waals surface area contributed by atoms with Gasteiger partial charge >= 0.3 is 0 Å². The predicted octanol–water partition coefficient (Wildman–Crippen LogP) is 2.68. The third-order valence-electron chi connectivity index (χ3n) is 5.51. The molecule has 2 aromatic heterocycles. The summed E-state index contributed by atoms with van der Waals surface area (Å²) in [6.07, 6.45) is 4.19. The van der Waals surface area contributed by atoms with E-state index in [0.29, 0.717) is 42.7 Å². The first kappa shape index (κ1) is 19.5. The largest absolute Gasteiger partial charge is 0.346 e. The van der Waals surface area contributed by atoms with Gasteiger partial charge in [-0.1, -0.05) is 6.07 Å². The highest BCUT2D eigenvalue weighted by molar-refractivity contribution is 7.89. The van der Waals surface area contributed by atoms with Crippen LogP contribution in [0, 0.1) is 12.7 Å². The molecule has 0 saturated carbocycles. The molecule has 1 saturated heterocycles. The zero-order valence-corrected chi connectivity index (χ0v) is 16.7. The topological polar surface area (TPSA) is 109 Å². The summed E-state index contributed by atoms with van der Waals surface area (Å²) in [6.45, 7) is 2.54. The summed E-state index contributed by atoms with van der Waals surface area (Å²) < 4.78 is 37.9. The number of nitrogens with two attached hydrogens (primary N) is 1. The van der Waals surface area contributed by atoms with Crippen LogP contribution < -0.4 is 5.14 Å². The molecule has 1 aliphatic heterocycles. The van der Waals surface area contributed by atoms with Crippen molar-refractivity contribution in [1.82, 2.24) is 14.9 Å². The quantitative estimate of drug-likeness (QED) is 0.684. The second kappa shape index (κ2) is 7.23. The summed E-state index contributed by atoms with van der Waals surface area (Å²) in [5.74, 6) is -0.605. The van der Waals surface area contributed by atoms with Crippen molar-refractivity contribution in [3.63, 3.8) is 0 Å². The molecule has 7 nitrogen and oxygen atoms in total. The molecule has 0 aliphatic carbocycles. The number of piperidine rings is 1. The molecule has 29 heavy (non-hydrogen) atoms. The van der Waals surface area contributed by atoms with E-state index < -0.39 is 10.0 Å². The number of carbonyl (C=O) groups is 1. The van der Waals surface area contributed by atoms with Crippen LogP contribution in [-0.4, -0.2) is 42.3 Å². The van der Waals surface area contributed by atoms with Crippen LogP contribution in [0.2, 0.25) is 0 Å². The van der Waals surface area contributed by atoms with Crippen molar-refractivity contribution in [3.05, 3.63) is 59.2 Å². The van der Waals surface area contributed by atoms with Crippen LogP contribution in [0.3, 0.4) is 0 Å². The lowest BCUT2D eigenvalue weighted by Crippen LogP contribution is -2.38. The lowest BCUT2D eigenvalue weighted by atomic mass is 9.87. The minimum atomic E-state index is -3.91. The molecule has 1 aliphatic rings. The van der Waals surface area contributed by atoms with Gasteiger partial charge in [0.1, 0.15) is 11.5 Å². The first-order valence-electron chi connectivity index (χ1n) is 9.30. The van der Waals surface area contributed by atoms with Gasteiger partial charge in [-0.05, 0) is 49.4 Å². The number of hydrogen-bond donors (Lipinski definition) is 2. The van der Waals surface area contributed by atoms with Crippen molar-refractivity contribution >= 4 is 27.0 Å². The fraction of sp³-hybridized carbons (Fsp3) is 0.300. The van der Waals surface area contributed by atoms with Gasteiger partial charge in [0.15, 0.2) is 0 Å². The summed E-state index contributed by atoms with van der Waals surface area (Å²) in [6, 6.07) is 6.32. The Morgan fingerprint density at radius 1 is 1.28 bits per heavy atom. The van der Waals surface area contributed by atoms with Gasteiger partial charge in [0, 0.05) is 35.8 Å². The van der Waals surface area contributed by atoms with Gasteiger partial charge in [-0.3, -0.25) is 4.79 Å². The summed E-state index contributed by atoms with van der Waals surface area (Å²) in [4.78, 5) is 21.5. The van der Waals surface area contributed by atoms with Crippen LogP contribution >= 0.6 is 0 Å². The maximum atomic E-state index is 14.5. The Hall–Kier alpha value is -2.78. The molecule has 152 valence electrons. The van der Waals surface area contributed by atoms with E-state index in [4.69, 9.17) is 5.14 Å². The highest BCUT2D eigenvalue weighted by Crippen LogP contribution is 2.34. The summed E-state index contributed by atoms with van der Waals surface area (Å²) in [5, 5.41) is 6.01. The number of pyridine rings is 1. The number of aryl methyl sites for hydroxylation is 1. The second-order valence-electron chi connectivity index (χ2n) is 7.35. The minimum absolute atomic E-state index is 0.0154. The highest BCUT2D eigenvalue weighted by Gasteiger charge is 2.28. The maximum absolute atomic E-state index is 14.5. The Labute approximate surface area is 167 Å². The number of benzene rings is 1. The van der Waals surface area contributed by atoms with E-state index in [1.165, 1.54) is 12.3 Å². The van der Waals surface area contributed by atoms with E-state index in [1.54, 1.807) is 30.2 Å². The molecule has 0 unspecified atom stereocenters. The van der Waals surface area contributed by atoms with E-state index in [1.807, 2.05) is 6.07 Å². The molecule has 1 amide bonds. The van der Waals surface area contributed by atoms with E-state index in [-0.39, 0.29) is 28.1 Å². The Bertz CT molecular complexity index is 1200. The molecule has 0 spiro atoms. The number of halogens is 1. The average Bonchev–Trinajstić information content (AvgIpc) is 3.16. The van der Waals surface area contributed by atoms with Gasteiger partial charge in [-0.25, -0.2) is 22.9 Å². The molecule has 3 aromatic rings. The summed E-state index contributed by atoms with van der Waals surface area (Å²) in [5.41, 5.74) is 2.05. The minimum Gasteiger partial charge on any atom is -0.346 e. The monoisotopic (exact) mass is 416 g/mol. The Morgan fingerprint density at radius 2 is 2.00 bits per heavy atom. The van der Waals surface area contributed by atoms with Crippen LogP contribution in [-0.2, 0) is 10.0 Å². The number of sulfonamides is 1. The second-order valence-corrected chi connectivity index (χ2v) is 8.88. The van der Waals surface area contributed by atoms with Gasteiger partial charge in [0.2, 0.25) is 10.0 Å². The summed E-state index contributed by atoms with van der Waals surface area (Å²) >= 11 is 0. The third kappa shape index (κ3) is 3.63. The van der Waals surface area contributed by atoms with E-state index in [2.05, 4.69) is 9.97 Å². The Balaban J connectivity index is 1.54. The zero-order chi connectivity index (χ0) is 20.8. The number of hydrogen-bond acceptors (Lipinski definition) is 4. The van der Waals surface area contributed by atoms with Crippen molar-refractivity contribution in [3.8, 4) is 0 Å². The number of likely N-dealkylation sites (tertiary alicyclic amines) is 1. The van der Waals surface area contributed by atoms with Gasteiger partial charge in [-0.2, -0.15) is 0 Å². The van der Waals surface area contributed by atoms with Crippen molar-refractivity contribution < 1.29 is 17.6 Å². The normalized spacial score (nSPS) is 15.8. The molecule has 1 aromatic carbocycles. The number of aromatic nitrogens is 2. The zero-order valence-electron chi connectivity index (χ0n) is 15.9. The lowest BCUT2D eigenvalue weighted by Gasteiger charge is -2.32. The van der Waals surface area contributed by atoms with Gasteiger partial charge < -0.3 is 9.88 Å². The number of nitrogens with zero attached hydrogens (tertiary/aromatic N) is 2. The number of amides is 1. The van der Waals surface area contributed by atoms with Crippen LogP contribution in [0.25, 0.3) is 11.0 Å². The average molecular weight is 416 g/mol. The molecule has 0 radical (unpaired) electrons. The SMILES string of the molecule is Cc1ccc(C(=O)N2CCC(c3c(F)cnc4[nH]ccc34)CC2)cc1S(N)(=O)=O. The molecule has 3 heterocycles. The number of rotatable bonds is 3. The third-order valence-corrected chi connectivity index (χ3v) is 6.56. The maximum Gasteiger partial charge on any atom is 0.253 e. The molecule has 4 rings (SSSR count). The van der Waals surface area contributed by atoms with Crippen molar-refractivity contribution in [1.29, 1.82) is 0 Å². The van der Waals surface area contributed by atoms with Crippen molar-refractivity contribution in [2.75, 3.05) is 13.1 Å². The fourth-order valence-corrected chi connectivity index (χ4v) is 4.82. The molecular formula is C20H21FN4O3S. The molecule has 0 atom stereocenters. The number of primary sulfonamides is 1. The standard InChI is InChI=1S/C20H21FN4O3S/c1-12-2-3-14(10-17(12)29(22,27)28)20(26)25-8-5-13(6-9-25)18-15-4-7-23-19(15)24-11-16(18)21/h2-4,7,10-11,13H,5-6,8-9H2,1H3,(H,23,24)(H2,22,27,28). The smallest absolute Gasteiger partial charge is 0.253 e. The molecule has 1 fully saturated rings. The van der Waals surface area contributed by atoms with E-state index in [0.717, 1.165) is 5.39 Å². The van der Waals surface area contributed by atoms with Crippen LogP contribution in [0.1, 0.15) is 40.2 Å². The van der Waals surface area contributed by atoms with E-state index >= 15 is 0 Å². The number of H-pyrrole nitrogens is 1. The molecule has 0 bridgehead atoms. The van der Waals surface area contributed by atoms with Crippen molar-refractivity contribution in [2.24, 2.45) is 5.14 Å². The fourth-order valence-electron chi connectivity index (χ4n) is 4.01. The predicted molar refractivity (Wildman–Crippen MR) is 106 cm³/mol.